The maximum Gasteiger partial charge on any atom is 0.145 e. The summed E-state index contributed by atoms with van der Waals surface area (Å²) in [6.07, 6.45) is 1.75. The third-order valence-electron chi connectivity index (χ3n) is 3.05. The van der Waals surface area contributed by atoms with Crippen LogP contribution in [0, 0.1) is 12.7 Å². The largest absolute Gasteiger partial charge is 0.256 e. The molecule has 0 atom stereocenters. The van der Waals surface area contributed by atoms with Crippen LogP contribution in [0.2, 0.25) is 5.02 Å². The van der Waals surface area contributed by atoms with Crippen LogP contribution in [0.4, 0.5) is 4.39 Å². The normalized spacial score (nSPS) is 11.7. The Morgan fingerprint density at radius 2 is 1.84 bits per heavy atom. The predicted molar refractivity (Wildman–Crippen MR) is 78.1 cm³/mol. The number of nitrogens with zero attached hydrogens (tertiary/aromatic N) is 1. The van der Waals surface area contributed by atoms with Gasteiger partial charge in [0, 0.05) is 11.8 Å². The molecule has 1 heterocycles. The monoisotopic (exact) mass is 277 g/mol. The molecule has 3 heteroatoms. The Morgan fingerprint density at radius 3 is 2.42 bits per heavy atom. The lowest BCUT2D eigenvalue weighted by Gasteiger charge is -2.21. The van der Waals surface area contributed by atoms with Gasteiger partial charge < -0.3 is 0 Å². The molecule has 2 aromatic rings. The maximum atomic E-state index is 14.1. The summed E-state index contributed by atoms with van der Waals surface area (Å²) < 4.78 is 14.1. The van der Waals surface area contributed by atoms with Gasteiger partial charge in [-0.2, -0.15) is 0 Å². The van der Waals surface area contributed by atoms with Crippen LogP contribution in [0.1, 0.15) is 31.9 Å². The van der Waals surface area contributed by atoms with Crippen LogP contribution in [0.5, 0.6) is 0 Å². The Kier molecular flexibility index (Phi) is 3.64. The summed E-state index contributed by atoms with van der Waals surface area (Å²) in [6.45, 7) is 7.90. The van der Waals surface area contributed by atoms with E-state index in [2.05, 4.69) is 4.98 Å². The van der Waals surface area contributed by atoms with Crippen LogP contribution in [-0.2, 0) is 5.41 Å². The summed E-state index contributed by atoms with van der Waals surface area (Å²) in [7, 11) is 0. The number of benzene rings is 1. The molecular weight excluding hydrogens is 261 g/mol. The highest BCUT2D eigenvalue weighted by Gasteiger charge is 2.21. The topological polar surface area (TPSA) is 12.9 Å². The fraction of sp³-hybridized carbons (Fsp3) is 0.312. The SMILES string of the molecule is Cc1ccnc(-c2cc(Cl)c(F)c(C(C)(C)C)c2)c1. The minimum Gasteiger partial charge on any atom is -0.256 e. The average molecular weight is 278 g/mol. The standard InChI is InChI=1S/C16H17ClFN/c1-10-5-6-19-14(7-10)11-8-12(16(2,3)4)15(18)13(17)9-11/h5-9H,1-4H3. The summed E-state index contributed by atoms with van der Waals surface area (Å²) in [5, 5.41) is 0.144. The fourth-order valence-electron chi connectivity index (χ4n) is 1.98. The maximum absolute atomic E-state index is 14.1. The van der Waals surface area contributed by atoms with E-state index in [0.717, 1.165) is 16.8 Å². The lowest BCUT2D eigenvalue weighted by molar-refractivity contribution is 0.523. The van der Waals surface area contributed by atoms with Gasteiger partial charge in [0.1, 0.15) is 5.82 Å². The van der Waals surface area contributed by atoms with Crippen molar-refractivity contribution < 1.29 is 4.39 Å². The minimum atomic E-state index is -0.342. The first-order valence-electron chi connectivity index (χ1n) is 6.21. The molecule has 1 aromatic heterocycles. The summed E-state index contributed by atoms with van der Waals surface area (Å²) >= 11 is 6.01. The highest BCUT2D eigenvalue weighted by Crippen LogP contribution is 2.33. The zero-order valence-corrected chi connectivity index (χ0v) is 12.3. The van der Waals surface area contributed by atoms with E-state index in [1.54, 1.807) is 12.3 Å². The summed E-state index contributed by atoms with van der Waals surface area (Å²) in [4.78, 5) is 4.32. The van der Waals surface area contributed by atoms with Gasteiger partial charge in [0.15, 0.2) is 0 Å². The third kappa shape index (κ3) is 2.95. The smallest absolute Gasteiger partial charge is 0.145 e. The van der Waals surface area contributed by atoms with Crippen molar-refractivity contribution in [3.8, 4) is 11.3 Å². The van der Waals surface area contributed by atoms with E-state index in [0.29, 0.717) is 5.56 Å². The molecule has 0 amide bonds. The van der Waals surface area contributed by atoms with E-state index in [1.807, 2.05) is 45.9 Å². The van der Waals surface area contributed by atoms with Gasteiger partial charge in [0.05, 0.1) is 10.7 Å². The van der Waals surface area contributed by atoms with Crippen molar-refractivity contribution in [2.75, 3.05) is 0 Å². The van der Waals surface area contributed by atoms with E-state index < -0.39 is 0 Å². The van der Waals surface area contributed by atoms with Crippen molar-refractivity contribution in [1.82, 2.24) is 4.98 Å². The average Bonchev–Trinajstić information content (AvgIpc) is 2.31. The zero-order valence-electron chi connectivity index (χ0n) is 11.6. The number of halogens is 2. The number of hydrogen-bond donors (Lipinski definition) is 0. The lowest BCUT2D eigenvalue weighted by atomic mass is 9.85. The molecule has 0 saturated carbocycles. The number of rotatable bonds is 1. The Hall–Kier alpha value is -1.41. The van der Waals surface area contributed by atoms with Gasteiger partial charge in [-0.3, -0.25) is 4.98 Å². The molecule has 0 spiro atoms. The molecule has 0 aliphatic heterocycles. The van der Waals surface area contributed by atoms with Gasteiger partial charge in [0.2, 0.25) is 0 Å². The van der Waals surface area contributed by atoms with Crippen LogP contribution < -0.4 is 0 Å². The quantitative estimate of drug-likeness (QED) is 0.703. The second kappa shape index (κ2) is 4.93. The van der Waals surface area contributed by atoms with E-state index in [1.165, 1.54) is 0 Å². The van der Waals surface area contributed by atoms with Crippen molar-refractivity contribution in [1.29, 1.82) is 0 Å². The van der Waals surface area contributed by atoms with Crippen molar-refractivity contribution in [2.45, 2.75) is 33.1 Å². The highest BCUT2D eigenvalue weighted by atomic mass is 35.5. The molecule has 1 nitrogen and oxygen atoms in total. The molecule has 2 rings (SSSR count). The zero-order chi connectivity index (χ0) is 14.2. The Morgan fingerprint density at radius 1 is 1.16 bits per heavy atom. The van der Waals surface area contributed by atoms with E-state index >= 15 is 0 Å². The van der Waals surface area contributed by atoms with Gasteiger partial charge in [-0.15, -0.1) is 0 Å². The van der Waals surface area contributed by atoms with Gasteiger partial charge in [0.25, 0.3) is 0 Å². The second-order valence-electron chi connectivity index (χ2n) is 5.79. The van der Waals surface area contributed by atoms with Crippen LogP contribution in [0.25, 0.3) is 11.3 Å². The molecule has 0 aliphatic carbocycles. The van der Waals surface area contributed by atoms with Gasteiger partial charge in [-0.1, -0.05) is 32.4 Å². The third-order valence-corrected chi connectivity index (χ3v) is 3.32. The predicted octanol–water partition coefficient (Wildman–Crippen LogP) is 5.15. The number of hydrogen-bond acceptors (Lipinski definition) is 1. The van der Waals surface area contributed by atoms with Gasteiger partial charge in [-0.05, 0) is 47.7 Å². The summed E-state index contributed by atoms with van der Waals surface area (Å²) in [5.41, 5.74) is 3.08. The summed E-state index contributed by atoms with van der Waals surface area (Å²) in [6, 6.07) is 7.37. The highest BCUT2D eigenvalue weighted by molar-refractivity contribution is 6.31. The lowest BCUT2D eigenvalue weighted by Crippen LogP contribution is -2.14. The minimum absolute atomic E-state index is 0.144. The van der Waals surface area contributed by atoms with Crippen molar-refractivity contribution in [3.63, 3.8) is 0 Å². The van der Waals surface area contributed by atoms with Crippen molar-refractivity contribution in [3.05, 3.63) is 52.4 Å². The molecule has 1 aromatic carbocycles. The Labute approximate surface area is 118 Å². The first kappa shape index (κ1) is 14.0. The number of aryl methyl sites for hydroxylation is 1. The van der Waals surface area contributed by atoms with E-state index in [-0.39, 0.29) is 16.3 Å². The van der Waals surface area contributed by atoms with E-state index in [9.17, 15) is 4.39 Å². The number of aromatic nitrogens is 1. The molecule has 0 saturated heterocycles. The fourth-order valence-corrected chi connectivity index (χ4v) is 2.20. The summed E-state index contributed by atoms with van der Waals surface area (Å²) in [5.74, 6) is -0.342. The van der Waals surface area contributed by atoms with Crippen LogP contribution in [0.3, 0.4) is 0 Å². The van der Waals surface area contributed by atoms with Crippen molar-refractivity contribution in [2.24, 2.45) is 0 Å². The number of pyridine rings is 1. The molecule has 0 N–H and O–H groups in total. The first-order valence-corrected chi connectivity index (χ1v) is 6.59. The van der Waals surface area contributed by atoms with Crippen LogP contribution >= 0.6 is 11.6 Å². The molecule has 0 unspecified atom stereocenters. The van der Waals surface area contributed by atoms with Crippen LogP contribution in [0.15, 0.2) is 30.5 Å². The second-order valence-corrected chi connectivity index (χ2v) is 6.20. The molecular formula is C16H17ClFN. The first-order chi connectivity index (χ1) is 8.79. The molecule has 0 fully saturated rings. The molecule has 100 valence electrons. The van der Waals surface area contributed by atoms with Gasteiger partial charge in [-0.25, -0.2) is 4.39 Å². The Bertz CT molecular complexity index is 615. The molecule has 0 radical (unpaired) electrons. The van der Waals surface area contributed by atoms with Gasteiger partial charge >= 0.3 is 0 Å². The molecule has 19 heavy (non-hydrogen) atoms. The molecule has 0 aliphatic rings. The van der Waals surface area contributed by atoms with Crippen LogP contribution in [-0.4, -0.2) is 4.98 Å². The molecule has 0 bridgehead atoms. The van der Waals surface area contributed by atoms with Crippen molar-refractivity contribution >= 4 is 11.6 Å². The Balaban J connectivity index is 2.63. The van der Waals surface area contributed by atoms with E-state index in [4.69, 9.17) is 11.6 Å².